The Kier molecular flexibility index (Phi) is 4.71. The average molecular weight is 361 g/mol. The van der Waals surface area contributed by atoms with Gasteiger partial charge in [-0.3, -0.25) is 9.72 Å². The summed E-state index contributed by atoms with van der Waals surface area (Å²) in [4.78, 5) is 16.0. The lowest BCUT2D eigenvalue weighted by atomic mass is 10.2. The second-order valence-corrected chi connectivity index (χ2v) is 6.09. The number of aromatic nitrogens is 4. The van der Waals surface area contributed by atoms with E-state index in [0.29, 0.717) is 22.2 Å². The van der Waals surface area contributed by atoms with E-state index < -0.39 is 6.09 Å². The third-order valence-electron chi connectivity index (χ3n) is 3.26. The van der Waals surface area contributed by atoms with Gasteiger partial charge in [-0.25, -0.2) is 9.78 Å². The topological polar surface area (TPSA) is 93.4 Å². The summed E-state index contributed by atoms with van der Waals surface area (Å²) in [5.74, 6) is 0.703. The van der Waals surface area contributed by atoms with Crippen molar-refractivity contribution >= 4 is 40.8 Å². The molecule has 0 spiro atoms. The maximum absolute atomic E-state index is 11.8. The number of nitrogens with zero attached hydrogens (tertiary/aromatic N) is 4. The number of anilines is 3. The van der Waals surface area contributed by atoms with Crippen LogP contribution < -0.4 is 10.6 Å². The van der Waals surface area contributed by atoms with Crippen LogP contribution in [0, 0.1) is 6.92 Å². The number of halogens is 1. The van der Waals surface area contributed by atoms with E-state index in [9.17, 15) is 4.79 Å². The highest BCUT2D eigenvalue weighted by atomic mass is 35.5. The summed E-state index contributed by atoms with van der Waals surface area (Å²) in [6, 6.07) is 5.63. The summed E-state index contributed by atoms with van der Waals surface area (Å²) in [7, 11) is 0. The van der Waals surface area contributed by atoms with E-state index in [1.54, 1.807) is 36.7 Å². The SMILES string of the molecule is Cc1ccc(Cl)c(Nc2nccn3c(NC(=O)OC(C)C)nnc23)c1. The Labute approximate surface area is 149 Å². The van der Waals surface area contributed by atoms with Crippen molar-refractivity contribution in [1.29, 1.82) is 0 Å². The molecular weight excluding hydrogens is 344 g/mol. The molecule has 0 aliphatic rings. The third kappa shape index (κ3) is 3.80. The molecular formula is C16H17ClN6O2. The highest BCUT2D eigenvalue weighted by Crippen LogP contribution is 2.27. The first-order valence-corrected chi connectivity index (χ1v) is 8.02. The van der Waals surface area contributed by atoms with Crippen molar-refractivity contribution in [3.05, 3.63) is 41.2 Å². The Hall–Kier alpha value is -2.87. The molecule has 8 nitrogen and oxygen atoms in total. The number of aryl methyl sites for hydroxylation is 1. The molecule has 0 unspecified atom stereocenters. The molecule has 130 valence electrons. The lowest BCUT2D eigenvalue weighted by molar-refractivity contribution is 0.129. The van der Waals surface area contributed by atoms with E-state index in [2.05, 4.69) is 25.8 Å². The van der Waals surface area contributed by atoms with Gasteiger partial charge in [-0.2, -0.15) is 0 Å². The molecule has 0 saturated carbocycles. The van der Waals surface area contributed by atoms with Gasteiger partial charge in [-0.1, -0.05) is 17.7 Å². The number of rotatable bonds is 4. The van der Waals surface area contributed by atoms with Crippen molar-refractivity contribution in [2.75, 3.05) is 10.6 Å². The van der Waals surface area contributed by atoms with Crippen LogP contribution in [0.4, 0.5) is 22.2 Å². The number of amides is 1. The van der Waals surface area contributed by atoms with Crippen molar-refractivity contribution in [3.8, 4) is 0 Å². The minimum Gasteiger partial charge on any atom is -0.447 e. The van der Waals surface area contributed by atoms with Crippen LogP contribution in [-0.4, -0.2) is 31.8 Å². The molecule has 0 bridgehead atoms. The molecule has 1 aromatic carbocycles. The van der Waals surface area contributed by atoms with E-state index in [4.69, 9.17) is 16.3 Å². The number of fused-ring (bicyclic) bond motifs is 1. The van der Waals surface area contributed by atoms with Gasteiger partial charge in [0.25, 0.3) is 0 Å². The number of benzene rings is 1. The van der Waals surface area contributed by atoms with Gasteiger partial charge in [0.15, 0.2) is 5.82 Å². The predicted octanol–water partition coefficient (Wildman–Crippen LogP) is 3.79. The quantitative estimate of drug-likeness (QED) is 0.735. The zero-order valence-corrected chi connectivity index (χ0v) is 14.7. The number of hydrogen-bond donors (Lipinski definition) is 2. The molecule has 0 fully saturated rings. The molecule has 2 heterocycles. The van der Waals surface area contributed by atoms with Crippen LogP contribution in [0.1, 0.15) is 19.4 Å². The fourth-order valence-corrected chi connectivity index (χ4v) is 2.36. The molecule has 0 aliphatic heterocycles. The Balaban J connectivity index is 1.91. The fourth-order valence-electron chi connectivity index (χ4n) is 2.20. The summed E-state index contributed by atoms with van der Waals surface area (Å²) in [5, 5.41) is 14.3. The van der Waals surface area contributed by atoms with Crippen molar-refractivity contribution in [2.45, 2.75) is 26.9 Å². The largest absolute Gasteiger partial charge is 0.447 e. The summed E-state index contributed by atoms with van der Waals surface area (Å²) in [6.07, 6.45) is 2.38. The molecule has 0 aliphatic carbocycles. The lowest BCUT2D eigenvalue weighted by Gasteiger charge is -2.10. The first-order chi connectivity index (χ1) is 11.9. The molecule has 3 rings (SSSR count). The fraction of sp³-hybridized carbons (Fsp3) is 0.250. The van der Waals surface area contributed by atoms with Gasteiger partial charge < -0.3 is 10.1 Å². The second kappa shape index (κ2) is 6.94. The van der Waals surface area contributed by atoms with Gasteiger partial charge in [0.1, 0.15) is 0 Å². The molecule has 9 heteroatoms. The van der Waals surface area contributed by atoms with Crippen LogP contribution in [-0.2, 0) is 4.74 Å². The predicted molar refractivity (Wildman–Crippen MR) is 95.5 cm³/mol. The van der Waals surface area contributed by atoms with Gasteiger partial charge in [-0.05, 0) is 38.5 Å². The Morgan fingerprint density at radius 1 is 1.32 bits per heavy atom. The smallest absolute Gasteiger partial charge is 0.414 e. The highest BCUT2D eigenvalue weighted by Gasteiger charge is 2.15. The maximum Gasteiger partial charge on any atom is 0.414 e. The van der Waals surface area contributed by atoms with E-state index in [1.807, 2.05) is 19.1 Å². The van der Waals surface area contributed by atoms with Crippen molar-refractivity contribution in [3.63, 3.8) is 0 Å². The monoisotopic (exact) mass is 360 g/mol. The van der Waals surface area contributed by atoms with Crippen molar-refractivity contribution in [2.24, 2.45) is 0 Å². The number of nitrogens with one attached hydrogen (secondary N) is 2. The zero-order chi connectivity index (χ0) is 18.0. The van der Waals surface area contributed by atoms with Gasteiger partial charge in [-0.15, -0.1) is 10.2 Å². The minimum atomic E-state index is -0.600. The first-order valence-electron chi connectivity index (χ1n) is 7.64. The molecule has 2 aromatic heterocycles. The molecule has 3 aromatic rings. The Morgan fingerprint density at radius 3 is 2.88 bits per heavy atom. The standard InChI is InChI=1S/C16H17ClN6O2/c1-9(2)25-16(24)20-15-22-21-14-13(18-6-7-23(14)15)19-12-8-10(3)4-5-11(12)17/h4-9H,1-3H3,(H,18,19)(H,20,22,24). The Bertz CT molecular complexity index is 924. The van der Waals surface area contributed by atoms with Gasteiger partial charge in [0, 0.05) is 12.4 Å². The number of carbonyl (C=O) groups is 1. The molecule has 0 radical (unpaired) electrons. The highest BCUT2D eigenvalue weighted by molar-refractivity contribution is 6.33. The molecule has 1 amide bonds. The number of hydrogen-bond acceptors (Lipinski definition) is 6. The number of ether oxygens (including phenoxy) is 1. The molecule has 0 saturated heterocycles. The summed E-state index contributed by atoms with van der Waals surface area (Å²) in [5.41, 5.74) is 2.21. The minimum absolute atomic E-state index is 0.235. The van der Waals surface area contributed by atoms with Crippen LogP contribution in [0.25, 0.3) is 5.65 Å². The van der Waals surface area contributed by atoms with Crippen LogP contribution in [0.15, 0.2) is 30.6 Å². The lowest BCUT2D eigenvalue weighted by Crippen LogP contribution is -2.19. The molecule has 0 atom stereocenters. The molecule has 25 heavy (non-hydrogen) atoms. The van der Waals surface area contributed by atoms with Gasteiger partial charge in [0.2, 0.25) is 11.6 Å². The van der Waals surface area contributed by atoms with Crippen molar-refractivity contribution in [1.82, 2.24) is 19.6 Å². The zero-order valence-electron chi connectivity index (χ0n) is 13.9. The van der Waals surface area contributed by atoms with Crippen LogP contribution in [0.2, 0.25) is 5.02 Å². The molecule has 2 N–H and O–H groups in total. The van der Waals surface area contributed by atoms with Gasteiger partial charge in [0.05, 0.1) is 16.8 Å². The van der Waals surface area contributed by atoms with Crippen LogP contribution in [0.5, 0.6) is 0 Å². The van der Waals surface area contributed by atoms with E-state index in [-0.39, 0.29) is 12.1 Å². The van der Waals surface area contributed by atoms with E-state index >= 15 is 0 Å². The van der Waals surface area contributed by atoms with E-state index in [0.717, 1.165) is 5.56 Å². The third-order valence-corrected chi connectivity index (χ3v) is 3.59. The summed E-state index contributed by atoms with van der Waals surface area (Å²) >= 11 is 6.21. The summed E-state index contributed by atoms with van der Waals surface area (Å²) < 4.78 is 6.65. The van der Waals surface area contributed by atoms with Crippen LogP contribution >= 0.6 is 11.6 Å². The maximum atomic E-state index is 11.8. The van der Waals surface area contributed by atoms with Gasteiger partial charge >= 0.3 is 6.09 Å². The first kappa shape index (κ1) is 17.0. The normalized spacial score (nSPS) is 10.9. The van der Waals surface area contributed by atoms with E-state index in [1.165, 1.54) is 0 Å². The Morgan fingerprint density at radius 2 is 2.12 bits per heavy atom. The second-order valence-electron chi connectivity index (χ2n) is 5.68. The van der Waals surface area contributed by atoms with Crippen molar-refractivity contribution < 1.29 is 9.53 Å². The number of carbonyl (C=O) groups excluding carboxylic acids is 1. The summed E-state index contributed by atoms with van der Waals surface area (Å²) in [6.45, 7) is 5.49. The van der Waals surface area contributed by atoms with Crippen LogP contribution in [0.3, 0.4) is 0 Å². The average Bonchev–Trinajstić information content (AvgIpc) is 2.94.